The Bertz CT molecular complexity index is 1030. The molecule has 176 valence electrons. The van der Waals surface area contributed by atoms with Crippen molar-refractivity contribution in [3.63, 3.8) is 0 Å². The number of carbonyl (C=O) groups excluding carboxylic acids is 2. The molecule has 1 amide bonds. The highest BCUT2D eigenvalue weighted by Crippen LogP contribution is 2.32. The van der Waals surface area contributed by atoms with Crippen molar-refractivity contribution in [1.29, 1.82) is 0 Å². The summed E-state index contributed by atoms with van der Waals surface area (Å²) < 4.78 is 5.15. The molecule has 0 saturated carbocycles. The minimum absolute atomic E-state index is 0.0125. The van der Waals surface area contributed by atoms with Crippen molar-refractivity contribution in [2.24, 2.45) is 21.1 Å². The van der Waals surface area contributed by atoms with E-state index in [4.69, 9.17) is 22.1 Å². The molecule has 0 atom stereocenters. The van der Waals surface area contributed by atoms with Crippen LogP contribution in [0, 0.1) is 5.41 Å². The average molecular weight is 473 g/mol. The Morgan fingerprint density at radius 1 is 1.18 bits per heavy atom. The van der Waals surface area contributed by atoms with Gasteiger partial charge >= 0.3 is 0 Å². The van der Waals surface area contributed by atoms with Crippen LogP contribution in [0.1, 0.15) is 31.9 Å². The summed E-state index contributed by atoms with van der Waals surface area (Å²) in [6.07, 6.45) is 2.32. The highest BCUT2D eigenvalue weighted by atomic mass is 35.5. The lowest BCUT2D eigenvalue weighted by molar-refractivity contribution is -0.127. The van der Waals surface area contributed by atoms with Crippen molar-refractivity contribution >= 4 is 41.2 Å². The number of hydrogen-bond donors (Lipinski definition) is 3. The van der Waals surface area contributed by atoms with E-state index in [0.717, 1.165) is 17.7 Å². The number of nitrogens with one attached hydrogen (secondary N) is 1. The van der Waals surface area contributed by atoms with E-state index in [9.17, 15) is 14.7 Å². The molecule has 0 bridgehead atoms. The Hall–Kier alpha value is -3.39. The van der Waals surface area contributed by atoms with Gasteiger partial charge in [-0.25, -0.2) is 9.98 Å². The van der Waals surface area contributed by atoms with Gasteiger partial charge < -0.3 is 20.9 Å². The number of ether oxygens (including phenoxy) is 1. The zero-order chi connectivity index (χ0) is 24.6. The Kier molecular flexibility index (Phi) is 8.99. The topological polar surface area (TPSA) is 126 Å². The summed E-state index contributed by atoms with van der Waals surface area (Å²) in [4.78, 5) is 31.7. The first-order valence-electron chi connectivity index (χ1n) is 10.3. The third-order valence-electron chi connectivity index (χ3n) is 4.86. The Balaban J connectivity index is 1.99. The average Bonchev–Trinajstić information content (AvgIpc) is 2.76. The molecule has 2 aromatic carbocycles. The van der Waals surface area contributed by atoms with Crippen molar-refractivity contribution in [3.05, 3.63) is 52.5 Å². The van der Waals surface area contributed by atoms with Gasteiger partial charge in [-0.05, 0) is 36.6 Å². The number of ketones is 1. The number of aliphatic imine (C=N–C) groups is 2. The number of aryl methyl sites for hydroxylation is 1. The second-order valence-electron chi connectivity index (χ2n) is 8.39. The van der Waals surface area contributed by atoms with Crippen LogP contribution < -0.4 is 15.8 Å². The summed E-state index contributed by atoms with van der Waals surface area (Å²) in [5, 5.41) is 13.2. The molecule has 0 aromatic heterocycles. The Morgan fingerprint density at radius 2 is 1.85 bits per heavy atom. The fourth-order valence-electron chi connectivity index (χ4n) is 2.72. The number of nitrogens with two attached hydrogens (primary N) is 1. The normalized spacial score (nSPS) is 12.1. The van der Waals surface area contributed by atoms with Crippen LogP contribution in [0.15, 0.2) is 46.4 Å². The number of phenolic OH excluding ortho intramolecular Hbond substituents is 1. The lowest BCUT2D eigenvalue weighted by Gasteiger charge is -2.16. The fraction of sp³-hybridized carbons (Fsp3) is 0.333. The molecule has 4 N–H and O–H groups in total. The van der Waals surface area contributed by atoms with Gasteiger partial charge in [0.25, 0.3) is 5.91 Å². The molecule has 9 heteroatoms. The minimum Gasteiger partial charge on any atom is -0.508 e. The predicted molar refractivity (Wildman–Crippen MR) is 131 cm³/mol. The van der Waals surface area contributed by atoms with Gasteiger partial charge in [0, 0.05) is 22.1 Å². The zero-order valence-corrected chi connectivity index (χ0v) is 19.9. The summed E-state index contributed by atoms with van der Waals surface area (Å²) in [7, 11) is 1.61. The summed E-state index contributed by atoms with van der Waals surface area (Å²) in [6.45, 7) is 5.14. The Morgan fingerprint density at radius 3 is 2.42 bits per heavy atom. The molecule has 0 aliphatic heterocycles. The van der Waals surface area contributed by atoms with E-state index in [2.05, 4.69) is 15.3 Å². The van der Waals surface area contributed by atoms with Crippen LogP contribution in [0.25, 0.3) is 0 Å². The molecule has 8 nitrogen and oxygen atoms in total. The van der Waals surface area contributed by atoms with Gasteiger partial charge in [0.15, 0.2) is 11.6 Å². The fourth-order valence-corrected chi connectivity index (χ4v) is 3.03. The molecule has 0 saturated heterocycles. The van der Waals surface area contributed by atoms with Crippen LogP contribution in [0.2, 0.25) is 5.02 Å². The van der Waals surface area contributed by atoms with Gasteiger partial charge in [0.05, 0.1) is 19.3 Å². The molecule has 0 spiro atoms. The quantitative estimate of drug-likeness (QED) is 0.399. The number of nitrogens with zero attached hydrogens (tertiary/aromatic N) is 2. The smallest absolute Gasteiger partial charge is 0.286 e. The molecule has 33 heavy (non-hydrogen) atoms. The van der Waals surface area contributed by atoms with Crippen LogP contribution in [0.4, 0.5) is 5.69 Å². The second kappa shape index (κ2) is 11.5. The van der Waals surface area contributed by atoms with Crippen LogP contribution in [-0.2, 0) is 22.4 Å². The van der Waals surface area contributed by atoms with Crippen molar-refractivity contribution in [2.75, 3.05) is 13.7 Å². The number of carbonyl (C=O) groups is 2. The lowest BCUT2D eigenvalue weighted by Crippen LogP contribution is -2.41. The number of benzene rings is 2. The van der Waals surface area contributed by atoms with Crippen molar-refractivity contribution in [2.45, 2.75) is 33.6 Å². The third kappa shape index (κ3) is 7.91. The van der Waals surface area contributed by atoms with E-state index in [1.165, 1.54) is 6.07 Å². The van der Waals surface area contributed by atoms with Gasteiger partial charge in [0.1, 0.15) is 17.8 Å². The molecule has 0 aliphatic rings. The van der Waals surface area contributed by atoms with E-state index in [0.29, 0.717) is 29.1 Å². The predicted octanol–water partition coefficient (Wildman–Crippen LogP) is 3.59. The van der Waals surface area contributed by atoms with Gasteiger partial charge in [-0.2, -0.15) is 0 Å². The van der Waals surface area contributed by atoms with Gasteiger partial charge in [-0.15, -0.1) is 0 Å². The maximum atomic E-state index is 11.9. The first kappa shape index (κ1) is 25.9. The van der Waals surface area contributed by atoms with E-state index >= 15 is 0 Å². The molecule has 0 fully saturated rings. The number of halogens is 1. The zero-order valence-electron chi connectivity index (χ0n) is 19.2. The summed E-state index contributed by atoms with van der Waals surface area (Å²) >= 11 is 6.34. The number of phenols is 1. The molecule has 0 heterocycles. The monoisotopic (exact) mass is 472 g/mol. The number of amidine groups is 1. The van der Waals surface area contributed by atoms with E-state index in [-0.39, 0.29) is 23.9 Å². The van der Waals surface area contributed by atoms with Crippen LogP contribution in [0.5, 0.6) is 11.5 Å². The maximum Gasteiger partial charge on any atom is 0.286 e. The molecular formula is C24H29ClN4O4. The lowest BCUT2D eigenvalue weighted by atomic mass is 9.91. The number of rotatable bonds is 8. The molecule has 2 rings (SSSR count). The van der Waals surface area contributed by atoms with E-state index in [1.54, 1.807) is 33.9 Å². The molecular weight excluding hydrogens is 444 g/mol. The Labute approximate surface area is 198 Å². The molecule has 0 aliphatic carbocycles. The number of amides is 1. The largest absolute Gasteiger partial charge is 0.508 e. The van der Waals surface area contributed by atoms with Gasteiger partial charge in [-0.3, -0.25) is 9.59 Å². The number of methoxy groups -OCH3 is 1. The van der Waals surface area contributed by atoms with Gasteiger partial charge in [-0.1, -0.05) is 44.5 Å². The highest BCUT2D eigenvalue weighted by Gasteiger charge is 2.21. The standard InChI is InChI=1S/C24H29ClN4O4/c1-24(2,3)21(31)13-27-23(32)22(26)29-14-28-16-11-19(25)18(20(30)12-16)10-7-15-5-8-17(33-4)9-6-15/h5-6,8-9,11-12,14,30H,7,10,13H2,1-4H3,(H,27,32)(H2,26,28,29). The first-order chi connectivity index (χ1) is 15.5. The third-order valence-corrected chi connectivity index (χ3v) is 5.20. The highest BCUT2D eigenvalue weighted by molar-refractivity contribution is 6.38. The summed E-state index contributed by atoms with van der Waals surface area (Å²) in [5.41, 5.74) is 7.10. The molecule has 0 unspecified atom stereocenters. The van der Waals surface area contributed by atoms with Crippen LogP contribution >= 0.6 is 11.6 Å². The number of hydrogen-bond acceptors (Lipinski definition) is 5. The van der Waals surface area contributed by atoms with Crippen molar-refractivity contribution in [1.82, 2.24) is 5.32 Å². The van der Waals surface area contributed by atoms with E-state index < -0.39 is 11.3 Å². The SMILES string of the molecule is COc1ccc(CCc2c(O)cc(N=CN=C(N)C(=O)NCC(=O)C(C)(C)C)cc2Cl)cc1. The van der Waals surface area contributed by atoms with Gasteiger partial charge in [0.2, 0.25) is 0 Å². The summed E-state index contributed by atoms with van der Waals surface area (Å²) in [6, 6.07) is 10.7. The molecule has 0 radical (unpaired) electrons. The van der Waals surface area contributed by atoms with E-state index in [1.807, 2.05) is 24.3 Å². The second-order valence-corrected chi connectivity index (χ2v) is 8.80. The first-order valence-corrected chi connectivity index (χ1v) is 10.7. The number of Topliss-reactive ketones (excluding diaryl/α,β-unsaturated/α-hetero) is 1. The summed E-state index contributed by atoms with van der Waals surface area (Å²) in [5.74, 6) is -0.352. The maximum absolute atomic E-state index is 11.9. The molecule has 2 aromatic rings. The minimum atomic E-state index is -0.672. The number of aromatic hydroxyl groups is 1. The van der Waals surface area contributed by atoms with Crippen LogP contribution in [0.3, 0.4) is 0 Å². The van der Waals surface area contributed by atoms with Crippen molar-refractivity contribution in [3.8, 4) is 11.5 Å². The van der Waals surface area contributed by atoms with Crippen molar-refractivity contribution < 1.29 is 19.4 Å². The van der Waals surface area contributed by atoms with Crippen LogP contribution in [-0.4, -0.2) is 42.6 Å².